The van der Waals surface area contributed by atoms with Crippen molar-refractivity contribution in [1.29, 1.82) is 0 Å². The van der Waals surface area contributed by atoms with Gasteiger partial charge in [0.1, 0.15) is 0 Å². The van der Waals surface area contributed by atoms with E-state index in [1.54, 1.807) is 17.8 Å². The van der Waals surface area contributed by atoms with Gasteiger partial charge < -0.3 is 10.6 Å². The Morgan fingerprint density at radius 1 is 1.04 bits per heavy atom. The highest BCUT2D eigenvalue weighted by molar-refractivity contribution is 7.98. The van der Waals surface area contributed by atoms with E-state index in [1.165, 1.54) is 6.08 Å². The summed E-state index contributed by atoms with van der Waals surface area (Å²) in [4.78, 5) is 24.7. The van der Waals surface area contributed by atoms with Crippen LogP contribution in [0.5, 0.6) is 0 Å². The van der Waals surface area contributed by atoms with Gasteiger partial charge in [-0.15, -0.1) is 11.8 Å². The Morgan fingerprint density at radius 3 is 2.42 bits per heavy atom. The molecular formula is C19H20N2O2S. The van der Waals surface area contributed by atoms with Crippen LogP contribution in [0.1, 0.15) is 12.0 Å². The number of hydrogen-bond donors (Lipinski definition) is 2. The molecular weight excluding hydrogens is 320 g/mol. The van der Waals surface area contributed by atoms with E-state index < -0.39 is 0 Å². The highest BCUT2D eigenvalue weighted by Crippen LogP contribution is 2.17. The predicted octanol–water partition coefficient (Wildman–Crippen LogP) is 3.57. The standard InChI is InChI=1S/C19H20N2O2S/c1-24-17-10-8-16(9-11-17)21-19(23)13-14-20-18(22)12-7-15-5-3-2-4-6-15/h2-12H,13-14H2,1H3,(H,20,22)(H,21,23)/b12-7+. The number of amides is 2. The fourth-order valence-electron chi connectivity index (χ4n) is 1.99. The van der Waals surface area contributed by atoms with Crippen molar-refractivity contribution in [2.24, 2.45) is 0 Å². The monoisotopic (exact) mass is 340 g/mol. The maximum absolute atomic E-state index is 11.8. The van der Waals surface area contributed by atoms with Crippen molar-refractivity contribution in [2.45, 2.75) is 11.3 Å². The van der Waals surface area contributed by atoms with Gasteiger partial charge in [0.05, 0.1) is 0 Å². The van der Waals surface area contributed by atoms with Crippen LogP contribution in [0, 0.1) is 0 Å². The first-order valence-electron chi connectivity index (χ1n) is 7.62. The first kappa shape index (κ1) is 17.8. The van der Waals surface area contributed by atoms with Gasteiger partial charge in [-0.1, -0.05) is 30.3 Å². The zero-order valence-electron chi connectivity index (χ0n) is 13.5. The van der Waals surface area contributed by atoms with Crippen LogP contribution in [-0.4, -0.2) is 24.6 Å². The lowest BCUT2D eigenvalue weighted by molar-refractivity contribution is -0.117. The molecule has 0 aliphatic rings. The van der Waals surface area contributed by atoms with Gasteiger partial charge in [0.2, 0.25) is 11.8 Å². The van der Waals surface area contributed by atoms with E-state index in [9.17, 15) is 9.59 Å². The van der Waals surface area contributed by atoms with Gasteiger partial charge in [-0.05, 0) is 42.2 Å². The first-order chi connectivity index (χ1) is 11.7. The summed E-state index contributed by atoms with van der Waals surface area (Å²) in [7, 11) is 0. The van der Waals surface area contributed by atoms with E-state index in [0.717, 1.165) is 16.1 Å². The number of benzene rings is 2. The topological polar surface area (TPSA) is 58.2 Å². The molecule has 2 rings (SSSR count). The van der Waals surface area contributed by atoms with Crippen molar-refractivity contribution in [2.75, 3.05) is 18.1 Å². The molecule has 0 bridgehead atoms. The second-order valence-corrected chi connectivity index (χ2v) is 5.94. The Morgan fingerprint density at radius 2 is 1.75 bits per heavy atom. The van der Waals surface area contributed by atoms with Crippen LogP contribution in [0.2, 0.25) is 0 Å². The minimum absolute atomic E-state index is 0.126. The van der Waals surface area contributed by atoms with Crippen molar-refractivity contribution in [3.63, 3.8) is 0 Å². The third kappa shape index (κ3) is 6.30. The lowest BCUT2D eigenvalue weighted by Gasteiger charge is -2.06. The summed E-state index contributed by atoms with van der Waals surface area (Å²) in [5.41, 5.74) is 1.71. The molecule has 0 spiro atoms. The molecule has 4 nitrogen and oxygen atoms in total. The molecule has 0 saturated heterocycles. The SMILES string of the molecule is CSc1ccc(NC(=O)CCNC(=O)/C=C/c2ccccc2)cc1. The predicted molar refractivity (Wildman–Crippen MR) is 100.0 cm³/mol. The summed E-state index contributed by atoms with van der Waals surface area (Å²) in [5, 5.41) is 5.51. The minimum atomic E-state index is -0.212. The summed E-state index contributed by atoms with van der Waals surface area (Å²) in [6, 6.07) is 17.2. The summed E-state index contributed by atoms with van der Waals surface area (Å²) < 4.78 is 0. The number of rotatable bonds is 7. The van der Waals surface area contributed by atoms with Crippen LogP contribution in [0.4, 0.5) is 5.69 Å². The van der Waals surface area contributed by atoms with Crippen molar-refractivity contribution in [1.82, 2.24) is 5.32 Å². The van der Waals surface area contributed by atoms with Crippen LogP contribution in [0.3, 0.4) is 0 Å². The van der Waals surface area contributed by atoms with Gasteiger partial charge >= 0.3 is 0 Å². The molecule has 2 N–H and O–H groups in total. The molecule has 5 heteroatoms. The maximum atomic E-state index is 11.8. The number of anilines is 1. The zero-order valence-corrected chi connectivity index (χ0v) is 14.3. The summed E-state index contributed by atoms with van der Waals surface area (Å²) >= 11 is 1.65. The second-order valence-electron chi connectivity index (χ2n) is 5.06. The van der Waals surface area contributed by atoms with Gasteiger partial charge in [-0.2, -0.15) is 0 Å². The van der Waals surface area contributed by atoms with Crippen LogP contribution < -0.4 is 10.6 Å². The minimum Gasteiger partial charge on any atom is -0.352 e. The summed E-state index contributed by atoms with van der Waals surface area (Å²) in [5.74, 6) is -0.338. The summed E-state index contributed by atoms with van der Waals surface area (Å²) in [6.45, 7) is 0.298. The quantitative estimate of drug-likeness (QED) is 0.598. The Balaban J connectivity index is 1.70. The molecule has 2 aromatic rings. The first-order valence-corrected chi connectivity index (χ1v) is 8.85. The van der Waals surface area contributed by atoms with Crippen LogP contribution >= 0.6 is 11.8 Å². The average molecular weight is 340 g/mol. The number of thioether (sulfide) groups is 1. The Labute approximate surface area is 146 Å². The molecule has 0 saturated carbocycles. The Hall–Kier alpha value is -2.53. The second kappa shape index (κ2) is 9.57. The van der Waals surface area contributed by atoms with Crippen molar-refractivity contribution < 1.29 is 9.59 Å². The lowest BCUT2D eigenvalue weighted by Crippen LogP contribution is -2.26. The number of carbonyl (C=O) groups excluding carboxylic acids is 2. The molecule has 2 amide bonds. The van der Waals surface area contributed by atoms with Crippen LogP contribution in [0.25, 0.3) is 6.08 Å². The molecule has 0 aliphatic heterocycles. The van der Waals surface area contributed by atoms with E-state index in [0.29, 0.717) is 6.54 Å². The van der Waals surface area contributed by atoms with E-state index >= 15 is 0 Å². The molecule has 124 valence electrons. The van der Waals surface area contributed by atoms with E-state index in [4.69, 9.17) is 0 Å². The highest BCUT2D eigenvalue weighted by atomic mass is 32.2. The zero-order chi connectivity index (χ0) is 17.2. The average Bonchev–Trinajstić information content (AvgIpc) is 2.61. The van der Waals surface area contributed by atoms with Gasteiger partial charge in [0.15, 0.2) is 0 Å². The smallest absolute Gasteiger partial charge is 0.244 e. The fourth-order valence-corrected chi connectivity index (χ4v) is 2.40. The van der Waals surface area contributed by atoms with Crippen molar-refractivity contribution >= 4 is 35.3 Å². The molecule has 0 aliphatic carbocycles. The molecule has 2 aromatic carbocycles. The molecule has 0 aromatic heterocycles. The normalized spacial score (nSPS) is 10.5. The number of nitrogens with one attached hydrogen (secondary N) is 2. The van der Waals surface area contributed by atoms with Gasteiger partial charge in [0.25, 0.3) is 0 Å². The fraction of sp³-hybridized carbons (Fsp3) is 0.158. The van der Waals surface area contributed by atoms with Gasteiger partial charge in [0, 0.05) is 29.6 Å². The van der Waals surface area contributed by atoms with Crippen molar-refractivity contribution in [3.05, 3.63) is 66.2 Å². The maximum Gasteiger partial charge on any atom is 0.244 e. The van der Waals surface area contributed by atoms with E-state index in [-0.39, 0.29) is 18.2 Å². The van der Waals surface area contributed by atoms with Crippen LogP contribution in [-0.2, 0) is 9.59 Å². The van der Waals surface area contributed by atoms with Crippen molar-refractivity contribution in [3.8, 4) is 0 Å². The van der Waals surface area contributed by atoms with Gasteiger partial charge in [-0.25, -0.2) is 0 Å². The van der Waals surface area contributed by atoms with E-state index in [2.05, 4.69) is 10.6 Å². The third-order valence-corrected chi connectivity index (χ3v) is 4.00. The largest absolute Gasteiger partial charge is 0.352 e. The highest BCUT2D eigenvalue weighted by Gasteiger charge is 2.03. The van der Waals surface area contributed by atoms with Gasteiger partial charge in [-0.3, -0.25) is 9.59 Å². The molecule has 0 heterocycles. The Kier molecular flexibility index (Phi) is 7.11. The number of hydrogen-bond acceptors (Lipinski definition) is 3. The summed E-state index contributed by atoms with van der Waals surface area (Å²) in [6.07, 6.45) is 5.44. The third-order valence-electron chi connectivity index (χ3n) is 3.25. The molecule has 24 heavy (non-hydrogen) atoms. The molecule has 0 atom stereocenters. The lowest BCUT2D eigenvalue weighted by atomic mass is 10.2. The molecule has 0 unspecified atom stereocenters. The van der Waals surface area contributed by atoms with Crippen LogP contribution in [0.15, 0.2) is 65.6 Å². The Bertz CT molecular complexity index is 697. The number of carbonyl (C=O) groups is 2. The molecule has 0 radical (unpaired) electrons. The van der Waals surface area contributed by atoms with E-state index in [1.807, 2.05) is 60.9 Å². The molecule has 0 fully saturated rings.